The van der Waals surface area contributed by atoms with Crippen LogP contribution >= 0.6 is 0 Å². The van der Waals surface area contributed by atoms with Gasteiger partial charge in [0.05, 0.1) is 5.60 Å². The molecule has 0 saturated heterocycles. The van der Waals surface area contributed by atoms with Crippen molar-refractivity contribution in [1.82, 2.24) is 0 Å². The van der Waals surface area contributed by atoms with E-state index in [1.165, 1.54) is 13.8 Å². The summed E-state index contributed by atoms with van der Waals surface area (Å²) in [6, 6.07) is 0. The number of aliphatic hydroxyl groups is 3. The van der Waals surface area contributed by atoms with Gasteiger partial charge in [-0.2, -0.15) is 0 Å². The molecule has 3 N–H and O–H groups in total. The Labute approximate surface area is 88.7 Å². The van der Waals surface area contributed by atoms with Crippen molar-refractivity contribution >= 4 is 11.6 Å². The predicted octanol–water partition coefficient (Wildman–Crippen LogP) is -0.233. The molecular formula is C10H18O5. The van der Waals surface area contributed by atoms with Crippen molar-refractivity contribution in [3.05, 3.63) is 0 Å². The molecule has 5 heteroatoms. The Hall–Kier alpha value is -0.780. The molecule has 15 heavy (non-hydrogen) atoms. The van der Waals surface area contributed by atoms with Gasteiger partial charge in [0.15, 0.2) is 6.29 Å². The van der Waals surface area contributed by atoms with Gasteiger partial charge in [-0.25, -0.2) is 0 Å². The normalized spacial score (nSPS) is 11.9. The Bertz CT molecular complexity index is 218. The number of hydrogen-bond donors (Lipinski definition) is 3. The van der Waals surface area contributed by atoms with Crippen LogP contribution in [0.1, 0.15) is 39.5 Å². The zero-order valence-electron chi connectivity index (χ0n) is 9.06. The molecule has 0 radical (unpaired) electrons. The highest BCUT2D eigenvalue weighted by atomic mass is 16.5. The summed E-state index contributed by atoms with van der Waals surface area (Å²) in [5, 5.41) is 27.3. The van der Waals surface area contributed by atoms with Crippen LogP contribution < -0.4 is 0 Å². The molecule has 0 aliphatic carbocycles. The van der Waals surface area contributed by atoms with E-state index < -0.39 is 11.9 Å². The molecule has 0 rings (SSSR count). The Morgan fingerprint density at radius 1 is 1.13 bits per heavy atom. The second-order valence-electron chi connectivity index (χ2n) is 4.00. The lowest BCUT2D eigenvalue weighted by Gasteiger charge is -2.26. The Kier molecular flexibility index (Phi) is 5.64. The Morgan fingerprint density at radius 3 is 1.80 bits per heavy atom. The molecule has 0 aliphatic heterocycles. The van der Waals surface area contributed by atoms with E-state index in [-0.39, 0.29) is 37.2 Å². The van der Waals surface area contributed by atoms with E-state index in [9.17, 15) is 14.7 Å². The topological polar surface area (TPSA) is 94.8 Å². The maximum absolute atomic E-state index is 10.9. The summed E-state index contributed by atoms with van der Waals surface area (Å²) in [6.45, 7) is 2.64. The summed E-state index contributed by atoms with van der Waals surface area (Å²) >= 11 is 0. The van der Waals surface area contributed by atoms with Crippen LogP contribution in [0.2, 0.25) is 0 Å². The van der Waals surface area contributed by atoms with Gasteiger partial charge < -0.3 is 15.3 Å². The van der Waals surface area contributed by atoms with E-state index in [0.29, 0.717) is 0 Å². The molecule has 0 amide bonds. The predicted molar refractivity (Wildman–Crippen MR) is 53.0 cm³/mol. The molecule has 0 spiro atoms. The van der Waals surface area contributed by atoms with Gasteiger partial charge in [0.2, 0.25) is 0 Å². The zero-order valence-corrected chi connectivity index (χ0v) is 9.06. The molecule has 0 atom stereocenters. The standard InChI is InChI=1S/C10H18O5/c1-7(11)5-10(15,6-8(2)12)4-3-9(13)14/h9,13-15H,3-6H2,1-2H3. The highest BCUT2D eigenvalue weighted by Gasteiger charge is 2.30. The largest absolute Gasteiger partial charge is 0.389 e. The number of aliphatic hydroxyl groups excluding tert-OH is 1. The fourth-order valence-corrected chi connectivity index (χ4v) is 1.56. The van der Waals surface area contributed by atoms with Crippen LogP contribution in [-0.4, -0.2) is 38.8 Å². The van der Waals surface area contributed by atoms with Gasteiger partial charge in [-0.1, -0.05) is 0 Å². The third-order valence-corrected chi connectivity index (χ3v) is 2.02. The summed E-state index contributed by atoms with van der Waals surface area (Å²) in [5.74, 6) is -0.461. The van der Waals surface area contributed by atoms with Crippen molar-refractivity contribution in [3.8, 4) is 0 Å². The molecule has 0 saturated carbocycles. The minimum absolute atomic E-state index is 0.0177. The van der Waals surface area contributed by atoms with Crippen LogP contribution in [-0.2, 0) is 9.59 Å². The number of hydrogen-bond acceptors (Lipinski definition) is 5. The molecule has 0 aromatic carbocycles. The van der Waals surface area contributed by atoms with E-state index in [2.05, 4.69) is 0 Å². The molecule has 5 nitrogen and oxygen atoms in total. The van der Waals surface area contributed by atoms with Crippen LogP contribution in [0.15, 0.2) is 0 Å². The molecular weight excluding hydrogens is 200 g/mol. The first kappa shape index (κ1) is 14.2. The van der Waals surface area contributed by atoms with Gasteiger partial charge in [-0.05, 0) is 20.3 Å². The van der Waals surface area contributed by atoms with Crippen molar-refractivity contribution in [3.63, 3.8) is 0 Å². The van der Waals surface area contributed by atoms with Crippen molar-refractivity contribution in [2.75, 3.05) is 0 Å². The van der Waals surface area contributed by atoms with Crippen molar-refractivity contribution in [1.29, 1.82) is 0 Å². The van der Waals surface area contributed by atoms with Crippen LogP contribution in [0.4, 0.5) is 0 Å². The molecule has 0 bridgehead atoms. The van der Waals surface area contributed by atoms with E-state index >= 15 is 0 Å². The van der Waals surface area contributed by atoms with Gasteiger partial charge >= 0.3 is 0 Å². The van der Waals surface area contributed by atoms with E-state index in [1.54, 1.807) is 0 Å². The molecule has 0 aromatic heterocycles. The van der Waals surface area contributed by atoms with Crippen LogP contribution in [0, 0.1) is 0 Å². The third kappa shape index (κ3) is 7.18. The van der Waals surface area contributed by atoms with Crippen LogP contribution in [0.25, 0.3) is 0 Å². The molecule has 0 unspecified atom stereocenters. The second-order valence-corrected chi connectivity index (χ2v) is 4.00. The SMILES string of the molecule is CC(=O)CC(O)(CCC(O)O)CC(C)=O. The number of rotatable bonds is 7. The average molecular weight is 218 g/mol. The summed E-state index contributed by atoms with van der Waals surface area (Å²) in [4.78, 5) is 21.8. The minimum atomic E-state index is -1.53. The summed E-state index contributed by atoms with van der Waals surface area (Å²) in [7, 11) is 0. The lowest BCUT2D eigenvalue weighted by molar-refractivity contribution is -0.129. The van der Waals surface area contributed by atoms with Gasteiger partial charge in [0.1, 0.15) is 11.6 Å². The Balaban J connectivity index is 4.39. The third-order valence-electron chi connectivity index (χ3n) is 2.02. The first-order chi connectivity index (χ1) is 6.75. The van der Waals surface area contributed by atoms with Gasteiger partial charge in [-0.15, -0.1) is 0 Å². The maximum atomic E-state index is 10.9. The fraction of sp³-hybridized carbons (Fsp3) is 0.800. The molecule has 0 aliphatic rings. The van der Waals surface area contributed by atoms with E-state index in [0.717, 1.165) is 0 Å². The second kappa shape index (κ2) is 5.95. The Morgan fingerprint density at radius 2 is 1.53 bits per heavy atom. The fourth-order valence-electron chi connectivity index (χ4n) is 1.56. The molecule has 0 aromatic rings. The van der Waals surface area contributed by atoms with Gasteiger partial charge in [0.25, 0.3) is 0 Å². The first-order valence-corrected chi connectivity index (χ1v) is 4.82. The summed E-state index contributed by atoms with van der Waals surface area (Å²) < 4.78 is 0. The van der Waals surface area contributed by atoms with Crippen molar-refractivity contribution in [2.24, 2.45) is 0 Å². The highest BCUT2D eigenvalue weighted by molar-refractivity contribution is 5.80. The lowest BCUT2D eigenvalue weighted by Crippen LogP contribution is -2.34. The number of Topliss-reactive ketones (excluding diaryl/α,β-unsaturated/α-hetero) is 2. The lowest BCUT2D eigenvalue weighted by atomic mass is 9.87. The first-order valence-electron chi connectivity index (χ1n) is 4.82. The zero-order chi connectivity index (χ0) is 12.1. The summed E-state index contributed by atoms with van der Waals surface area (Å²) in [5.41, 5.74) is -1.44. The molecule has 0 fully saturated rings. The number of carbonyl (C=O) groups excluding carboxylic acids is 2. The van der Waals surface area contributed by atoms with Gasteiger partial charge in [-0.3, -0.25) is 9.59 Å². The van der Waals surface area contributed by atoms with E-state index in [4.69, 9.17) is 10.2 Å². The van der Waals surface area contributed by atoms with Crippen LogP contribution in [0.5, 0.6) is 0 Å². The number of carbonyl (C=O) groups is 2. The monoisotopic (exact) mass is 218 g/mol. The van der Waals surface area contributed by atoms with Crippen molar-refractivity contribution in [2.45, 2.75) is 51.4 Å². The molecule has 88 valence electrons. The van der Waals surface area contributed by atoms with Crippen molar-refractivity contribution < 1.29 is 24.9 Å². The quantitative estimate of drug-likeness (QED) is 0.513. The summed E-state index contributed by atoms with van der Waals surface area (Å²) in [6.07, 6.45) is -1.85. The minimum Gasteiger partial charge on any atom is -0.389 e. The maximum Gasteiger partial charge on any atom is 0.151 e. The van der Waals surface area contributed by atoms with E-state index in [1.807, 2.05) is 0 Å². The highest BCUT2D eigenvalue weighted by Crippen LogP contribution is 2.23. The average Bonchev–Trinajstić information content (AvgIpc) is 1.97. The number of ketones is 2. The smallest absolute Gasteiger partial charge is 0.151 e. The van der Waals surface area contributed by atoms with Gasteiger partial charge in [0, 0.05) is 19.3 Å². The van der Waals surface area contributed by atoms with Crippen LogP contribution in [0.3, 0.4) is 0 Å². The molecule has 0 heterocycles.